The third kappa shape index (κ3) is 4.33. The monoisotopic (exact) mass is 350 g/mol. The van der Waals surface area contributed by atoms with E-state index in [0.29, 0.717) is 23.7 Å². The van der Waals surface area contributed by atoms with Crippen molar-refractivity contribution in [1.29, 1.82) is 0 Å². The number of hydrogen-bond acceptors (Lipinski definition) is 5. The Labute approximate surface area is 151 Å². The predicted octanol–water partition coefficient (Wildman–Crippen LogP) is 4.47. The molecule has 0 unspecified atom stereocenters. The van der Waals surface area contributed by atoms with Gasteiger partial charge in [-0.2, -0.15) is 0 Å². The number of rotatable bonds is 7. The number of hydrogen-bond donors (Lipinski definition) is 1. The fraction of sp³-hybridized carbons (Fsp3) is 0.0952. The first-order valence-electron chi connectivity index (χ1n) is 8.01. The molecular weight excluding hydrogens is 332 g/mol. The number of furan rings is 1. The Hall–Kier alpha value is -3.47. The molecule has 1 aromatic heterocycles. The average molecular weight is 350 g/mol. The van der Waals surface area contributed by atoms with Crippen LogP contribution in [0.15, 0.2) is 71.2 Å². The summed E-state index contributed by atoms with van der Waals surface area (Å²) in [7, 11) is 1.43. The number of aromatic hydroxyl groups is 1. The van der Waals surface area contributed by atoms with Crippen molar-refractivity contribution in [3.05, 3.63) is 83.8 Å². The largest absolute Gasteiger partial charge is 0.504 e. The van der Waals surface area contributed by atoms with Gasteiger partial charge in [0.05, 0.1) is 7.11 Å². The van der Waals surface area contributed by atoms with Crippen molar-refractivity contribution in [2.24, 2.45) is 0 Å². The molecule has 1 N–H and O–H groups in total. The second-order valence-electron chi connectivity index (χ2n) is 5.49. The minimum Gasteiger partial charge on any atom is -0.504 e. The lowest BCUT2D eigenvalue weighted by atomic mass is 10.1. The van der Waals surface area contributed by atoms with Crippen molar-refractivity contribution < 1.29 is 23.8 Å². The first-order chi connectivity index (χ1) is 12.7. The standard InChI is InChI=1S/C21H18O5/c1-24-21-13-15(7-11-20(21)23)19(22)12-10-17-8-9-18(26-17)14-25-16-5-3-2-4-6-16/h2-13,23H,14H2,1H3/b12-10+. The van der Waals surface area contributed by atoms with Gasteiger partial charge in [0, 0.05) is 5.56 Å². The third-order valence-corrected chi connectivity index (χ3v) is 3.67. The highest BCUT2D eigenvalue weighted by Gasteiger charge is 2.08. The number of benzene rings is 2. The maximum Gasteiger partial charge on any atom is 0.186 e. The fourth-order valence-corrected chi connectivity index (χ4v) is 2.32. The number of ether oxygens (including phenoxy) is 2. The van der Waals surface area contributed by atoms with Gasteiger partial charge >= 0.3 is 0 Å². The van der Waals surface area contributed by atoms with E-state index in [1.54, 1.807) is 18.2 Å². The molecule has 0 aliphatic rings. The highest BCUT2D eigenvalue weighted by molar-refractivity contribution is 6.07. The van der Waals surface area contributed by atoms with Crippen molar-refractivity contribution in [3.63, 3.8) is 0 Å². The lowest BCUT2D eigenvalue weighted by molar-refractivity contribution is 0.104. The topological polar surface area (TPSA) is 68.9 Å². The number of carbonyl (C=O) groups excluding carboxylic acids is 1. The van der Waals surface area contributed by atoms with Crippen molar-refractivity contribution >= 4 is 11.9 Å². The second-order valence-corrected chi connectivity index (χ2v) is 5.49. The average Bonchev–Trinajstić information content (AvgIpc) is 3.13. The molecule has 3 aromatic rings. The number of allylic oxidation sites excluding steroid dienone is 1. The van der Waals surface area contributed by atoms with Crippen LogP contribution in [0.4, 0.5) is 0 Å². The highest BCUT2D eigenvalue weighted by atomic mass is 16.5. The minimum absolute atomic E-state index is 0.0119. The van der Waals surface area contributed by atoms with Crippen LogP contribution in [-0.2, 0) is 6.61 Å². The van der Waals surface area contributed by atoms with E-state index < -0.39 is 0 Å². The summed E-state index contributed by atoms with van der Waals surface area (Å²) in [6, 6.07) is 17.5. The summed E-state index contributed by atoms with van der Waals surface area (Å²) >= 11 is 0. The summed E-state index contributed by atoms with van der Waals surface area (Å²) in [5.74, 6) is 1.99. The molecule has 0 aliphatic carbocycles. The van der Waals surface area contributed by atoms with Crippen molar-refractivity contribution in [1.82, 2.24) is 0 Å². The number of phenolic OH excluding ortho intramolecular Hbond substituents is 1. The van der Waals surface area contributed by atoms with Gasteiger partial charge in [-0.3, -0.25) is 4.79 Å². The Balaban J connectivity index is 1.62. The van der Waals surface area contributed by atoms with Crippen LogP contribution in [0.2, 0.25) is 0 Å². The summed E-state index contributed by atoms with van der Waals surface area (Å²) < 4.78 is 16.2. The van der Waals surface area contributed by atoms with E-state index in [4.69, 9.17) is 13.9 Å². The van der Waals surface area contributed by atoms with Gasteiger partial charge in [0.25, 0.3) is 0 Å². The van der Waals surface area contributed by atoms with Crippen LogP contribution >= 0.6 is 0 Å². The Morgan fingerprint density at radius 2 is 1.92 bits per heavy atom. The Kier molecular flexibility index (Phi) is 5.39. The van der Waals surface area contributed by atoms with E-state index in [1.807, 2.05) is 30.3 Å². The molecule has 0 saturated heterocycles. The van der Waals surface area contributed by atoms with Gasteiger partial charge in [-0.15, -0.1) is 0 Å². The highest BCUT2D eigenvalue weighted by Crippen LogP contribution is 2.26. The lowest BCUT2D eigenvalue weighted by Crippen LogP contribution is -1.95. The Morgan fingerprint density at radius 1 is 1.12 bits per heavy atom. The molecule has 5 nitrogen and oxygen atoms in total. The first kappa shape index (κ1) is 17.4. The molecule has 0 amide bonds. The van der Waals surface area contributed by atoms with Crippen LogP contribution in [-0.4, -0.2) is 18.0 Å². The maximum atomic E-state index is 12.2. The fourth-order valence-electron chi connectivity index (χ4n) is 2.32. The van der Waals surface area contributed by atoms with Gasteiger partial charge in [0.2, 0.25) is 0 Å². The van der Waals surface area contributed by atoms with Crippen LogP contribution in [0.1, 0.15) is 21.9 Å². The third-order valence-electron chi connectivity index (χ3n) is 3.67. The molecule has 0 fully saturated rings. The summed E-state index contributed by atoms with van der Waals surface area (Å²) in [5, 5.41) is 9.58. The number of carbonyl (C=O) groups is 1. The number of phenols is 1. The van der Waals surface area contributed by atoms with Gasteiger partial charge in [0.15, 0.2) is 17.3 Å². The van der Waals surface area contributed by atoms with E-state index in [1.165, 1.54) is 31.4 Å². The summed E-state index contributed by atoms with van der Waals surface area (Å²) in [6.45, 7) is 0.307. The number of para-hydroxylation sites is 1. The number of ketones is 1. The molecular formula is C21H18O5. The van der Waals surface area contributed by atoms with E-state index in [0.717, 1.165) is 5.75 Å². The molecule has 1 heterocycles. The predicted molar refractivity (Wildman–Crippen MR) is 97.5 cm³/mol. The van der Waals surface area contributed by atoms with E-state index >= 15 is 0 Å². The number of methoxy groups -OCH3 is 1. The molecule has 26 heavy (non-hydrogen) atoms. The molecule has 0 atom stereocenters. The molecule has 0 bridgehead atoms. The van der Waals surface area contributed by atoms with Crippen molar-refractivity contribution in [3.8, 4) is 17.2 Å². The van der Waals surface area contributed by atoms with Crippen LogP contribution in [0, 0.1) is 0 Å². The van der Waals surface area contributed by atoms with Crippen molar-refractivity contribution in [2.45, 2.75) is 6.61 Å². The summed E-state index contributed by atoms with van der Waals surface area (Å²) in [5.41, 5.74) is 0.412. The summed E-state index contributed by atoms with van der Waals surface area (Å²) in [6.07, 6.45) is 3.00. The summed E-state index contributed by atoms with van der Waals surface area (Å²) in [4.78, 5) is 12.2. The lowest BCUT2D eigenvalue weighted by Gasteiger charge is -2.04. The van der Waals surface area contributed by atoms with E-state index in [-0.39, 0.29) is 17.3 Å². The van der Waals surface area contributed by atoms with Gasteiger partial charge in [-0.05, 0) is 54.6 Å². The van der Waals surface area contributed by atoms with Gasteiger partial charge in [0.1, 0.15) is 23.9 Å². The molecule has 3 rings (SSSR count). The molecule has 0 saturated carbocycles. The van der Waals surface area contributed by atoms with Crippen LogP contribution in [0.25, 0.3) is 6.08 Å². The minimum atomic E-state index is -0.221. The molecule has 132 valence electrons. The van der Waals surface area contributed by atoms with Crippen LogP contribution in [0.5, 0.6) is 17.2 Å². The van der Waals surface area contributed by atoms with Gasteiger partial charge < -0.3 is 19.0 Å². The maximum absolute atomic E-state index is 12.2. The van der Waals surface area contributed by atoms with Gasteiger partial charge in [-0.25, -0.2) is 0 Å². The second kappa shape index (κ2) is 8.07. The van der Waals surface area contributed by atoms with Gasteiger partial charge in [-0.1, -0.05) is 18.2 Å². The SMILES string of the molecule is COc1cc(C(=O)/C=C/c2ccc(COc3ccccc3)o2)ccc1O. The van der Waals surface area contributed by atoms with Crippen LogP contribution < -0.4 is 9.47 Å². The van der Waals surface area contributed by atoms with E-state index in [9.17, 15) is 9.90 Å². The molecule has 0 radical (unpaired) electrons. The zero-order valence-corrected chi connectivity index (χ0v) is 14.2. The zero-order chi connectivity index (χ0) is 18.4. The zero-order valence-electron chi connectivity index (χ0n) is 14.2. The molecule has 2 aromatic carbocycles. The quantitative estimate of drug-likeness (QED) is 0.503. The van der Waals surface area contributed by atoms with Crippen LogP contribution in [0.3, 0.4) is 0 Å². The molecule has 5 heteroatoms. The molecule has 0 aliphatic heterocycles. The smallest absolute Gasteiger partial charge is 0.186 e. The Bertz CT molecular complexity index is 909. The first-order valence-corrected chi connectivity index (χ1v) is 8.01. The Morgan fingerprint density at radius 3 is 2.69 bits per heavy atom. The van der Waals surface area contributed by atoms with E-state index in [2.05, 4.69) is 0 Å². The van der Waals surface area contributed by atoms with Crippen molar-refractivity contribution in [2.75, 3.05) is 7.11 Å². The molecule has 0 spiro atoms. The normalized spacial score (nSPS) is 10.8.